The molecule has 1 fully saturated rings. The van der Waals surface area contributed by atoms with Crippen LogP contribution in [-0.4, -0.2) is 36.9 Å². The van der Waals surface area contributed by atoms with Gasteiger partial charge in [-0.1, -0.05) is 18.2 Å². The van der Waals surface area contributed by atoms with Crippen LogP contribution < -0.4 is 10.1 Å². The summed E-state index contributed by atoms with van der Waals surface area (Å²) in [6.07, 6.45) is 8.65. The largest absolute Gasteiger partial charge is 0.497 e. The summed E-state index contributed by atoms with van der Waals surface area (Å²) >= 11 is 0. The van der Waals surface area contributed by atoms with Gasteiger partial charge in [0, 0.05) is 31.6 Å². The Kier molecular flexibility index (Phi) is 6.91. The highest BCUT2D eigenvalue weighted by molar-refractivity contribution is 5.93. The predicted octanol–water partition coefficient (Wildman–Crippen LogP) is 3.44. The van der Waals surface area contributed by atoms with E-state index in [9.17, 15) is 9.59 Å². The van der Waals surface area contributed by atoms with Gasteiger partial charge in [0.25, 0.3) is 0 Å². The topological polar surface area (TPSA) is 58.6 Å². The molecule has 1 atom stereocenters. The van der Waals surface area contributed by atoms with E-state index in [1.807, 2.05) is 29.2 Å². The smallest absolute Gasteiger partial charge is 0.249 e. The number of nitrogens with zero attached hydrogens (tertiary/aromatic N) is 1. The first-order chi connectivity index (χ1) is 13.2. The maximum atomic E-state index is 12.6. The van der Waals surface area contributed by atoms with Gasteiger partial charge in [0.1, 0.15) is 5.75 Å². The first kappa shape index (κ1) is 19.5. The number of hydrogen-bond donors (Lipinski definition) is 1. The highest BCUT2D eigenvalue weighted by Crippen LogP contribution is 2.25. The fourth-order valence-corrected chi connectivity index (χ4v) is 3.96. The number of carbonyl (C=O) groups is 2. The number of nitrogens with one attached hydrogen (secondary N) is 1. The van der Waals surface area contributed by atoms with Gasteiger partial charge in [-0.15, -0.1) is 0 Å². The molecule has 1 aromatic rings. The van der Waals surface area contributed by atoms with Gasteiger partial charge in [0.05, 0.1) is 7.11 Å². The number of hydrogen-bond acceptors (Lipinski definition) is 3. The zero-order valence-electron chi connectivity index (χ0n) is 16.2. The summed E-state index contributed by atoms with van der Waals surface area (Å²) in [5.41, 5.74) is 2.02. The highest BCUT2D eigenvalue weighted by Gasteiger charge is 2.26. The minimum Gasteiger partial charge on any atom is -0.497 e. The number of methoxy groups -OCH3 is 1. The number of benzene rings is 1. The molecular formula is C22H30N2O3. The average Bonchev–Trinajstić information content (AvgIpc) is 3.25. The van der Waals surface area contributed by atoms with E-state index in [1.54, 1.807) is 7.11 Å². The van der Waals surface area contributed by atoms with E-state index >= 15 is 0 Å². The van der Waals surface area contributed by atoms with Crippen LogP contribution in [0.5, 0.6) is 5.75 Å². The van der Waals surface area contributed by atoms with Crippen LogP contribution in [0.3, 0.4) is 0 Å². The van der Waals surface area contributed by atoms with Crippen LogP contribution in [0.15, 0.2) is 35.9 Å². The van der Waals surface area contributed by atoms with Crippen LogP contribution in [0.4, 0.5) is 0 Å². The summed E-state index contributed by atoms with van der Waals surface area (Å²) in [6.45, 7) is 2.16. The standard InChI is InChI=1S/C22H30N2O3/c1-27-20-10-4-6-18(14-20)15-23-21(25)12-11-17-7-5-13-24(16-17)22(26)19-8-2-3-9-19/h4,6,8,10,14,17H,2-3,5,7,9,11-13,15-16H2,1H3,(H,23,25). The van der Waals surface area contributed by atoms with Crippen LogP contribution in [-0.2, 0) is 16.1 Å². The second kappa shape index (κ2) is 9.58. The first-order valence-electron chi connectivity index (χ1n) is 10.0. The molecule has 0 aromatic heterocycles. The molecule has 2 amide bonds. The number of likely N-dealkylation sites (tertiary alicyclic amines) is 1. The van der Waals surface area contributed by atoms with Crippen LogP contribution in [0.1, 0.15) is 50.5 Å². The van der Waals surface area contributed by atoms with Gasteiger partial charge >= 0.3 is 0 Å². The third-order valence-electron chi connectivity index (χ3n) is 5.53. The molecule has 1 aromatic carbocycles. The average molecular weight is 370 g/mol. The monoisotopic (exact) mass is 370 g/mol. The molecule has 1 unspecified atom stereocenters. The van der Waals surface area contributed by atoms with Gasteiger partial charge < -0.3 is 15.0 Å². The van der Waals surface area contributed by atoms with Crippen LogP contribution in [0.25, 0.3) is 0 Å². The Morgan fingerprint density at radius 2 is 2.19 bits per heavy atom. The molecule has 0 spiro atoms. The Morgan fingerprint density at radius 3 is 2.96 bits per heavy atom. The molecule has 3 rings (SSSR count). The van der Waals surface area contributed by atoms with Crippen molar-refractivity contribution in [3.63, 3.8) is 0 Å². The Morgan fingerprint density at radius 1 is 1.30 bits per heavy atom. The maximum Gasteiger partial charge on any atom is 0.249 e. The van der Waals surface area contributed by atoms with E-state index in [1.165, 1.54) is 0 Å². The lowest BCUT2D eigenvalue weighted by Crippen LogP contribution is -2.40. The molecular weight excluding hydrogens is 340 g/mol. The van der Waals surface area contributed by atoms with Gasteiger partial charge in [-0.3, -0.25) is 9.59 Å². The summed E-state index contributed by atoms with van der Waals surface area (Å²) in [7, 11) is 1.64. The van der Waals surface area contributed by atoms with Crippen molar-refractivity contribution >= 4 is 11.8 Å². The minimum atomic E-state index is 0.0692. The summed E-state index contributed by atoms with van der Waals surface area (Å²) < 4.78 is 5.21. The molecule has 0 saturated carbocycles. The SMILES string of the molecule is COc1cccc(CNC(=O)CCC2CCCN(C(=O)C3=CCCC3)C2)c1. The normalized spacial score (nSPS) is 19.5. The fourth-order valence-electron chi connectivity index (χ4n) is 3.96. The van der Waals surface area contributed by atoms with Crippen LogP contribution in [0.2, 0.25) is 0 Å². The Hall–Kier alpha value is -2.30. The Labute approximate surface area is 161 Å². The van der Waals surface area contributed by atoms with E-state index in [4.69, 9.17) is 4.74 Å². The molecule has 0 bridgehead atoms. The van der Waals surface area contributed by atoms with Crippen molar-refractivity contribution in [2.24, 2.45) is 5.92 Å². The van der Waals surface area contributed by atoms with Crippen molar-refractivity contribution in [1.29, 1.82) is 0 Å². The van der Waals surface area contributed by atoms with Crippen LogP contribution in [0, 0.1) is 5.92 Å². The van der Waals surface area contributed by atoms with Crippen molar-refractivity contribution in [2.75, 3.05) is 20.2 Å². The molecule has 5 nitrogen and oxygen atoms in total. The third kappa shape index (κ3) is 5.59. The second-order valence-electron chi connectivity index (χ2n) is 7.55. The second-order valence-corrected chi connectivity index (χ2v) is 7.55. The Balaban J connectivity index is 1.40. The number of ether oxygens (including phenoxy) is 1. The summed E-state index contributed by atoms with van der Waals surface area (Å²) in [4.78, 5) is 26.8. The van der Waals surface area contributed by atoms with E-state index in [0.717, 1.165) is 68.5 Å². The van der Waals surface area contributed by atoms with Crippen molar-refractivity contribution in [3.8, 4) is 5.75 Å². The zero-order chi connectivity index (χ0) is 19.1. The fraction of sp³-hybridized carbons (Fsp3) is 0.545. The van der Waals surface area contributed by atoms with Gasteiger partial charge in [0.15, 0.2) is 0 Å². The number of rotatable bonds is 7. The van der Waals surface area contributed by atoms with Crippen molar-refractivity contribution in [3.05, 3.63) is 41.5 Å². The molecule has 1 N–H and O–H groups in total. The van der Waals surface area contributed by atoms with E-state index in [2.05, 4.69) is 11.4 Å². The molecule has 146 valence electrons. The molecule has 1 aliphatic heterocycles. The number of piperidine rings is 1. The van der Waals surface area contributed by atoms with E-state index < -0.39 is 0 Å². The van der Waals surface area contributed by atoms with Crippen molar-refractivity contribution in [2.45, 2.75) is 51.5 Å². The molecule has 1 saturated heterocycles. The van der Waals surface area contributed by atoms with Crippen LogP contribution >= 0.6 is 0 Å². The predicted molar refractivity (Wildman–Crippen MR) is 105 cm³/mol. The first-order valence-corrected chi connectivity index (χ1v) is 10.0. The molecule has 1 heterocycles. The van der Waals surface area contributed by atoms with Gasteiger partial charge in [-0.2, -0.15) is 0 Å². The number of carbonyl (C=O) groups excluding carboxylic acids is 2. The Bertz CT molecular complexity index is 699. The van der Waals surface area contributed by atoms with Crippen molar-refractivity contribution in [1.82, 2.24) is 10.2 Å². The lowest BCUT2D eigenvalue weighted by molar-refractivity contribution is -0.129. The molecule has 5 heteroatoms. The van der Waals surface area contributed by atoms with Gasteiger partial charge in [-0.25, -0.2) is 0 Å². The highest BCUT2D eigenvalue weighted by atomic mass is 16.5. The molecule has 27 heavy (non-hydrogen) atoms. The molecule has 2 aliphatic rings. The number of amides is 2. The summed E-state index contributed by atoms with van der Waals surface area (Å²) in [5.74, 6) is 1.51. The third-order valence-corrected chi connectivity index (χ3v) is 5.53. The van der Waals surface area contributed by atoms with Gasteiger partial charge in [-0.05, 0) is 62.1 Å². The maximum absolute atomic E-state index is 12.6. The zero-order valence-corrected chi connectivity index (χ0v) is 16.2. The quantitative estimate of drug-likeness (QED) is 0.800. The minimum absolute atomic E-state index is 0.0692. The lowest BCUT2D eigenvalue weighted by atomic mass is 9.92. The van der Waals surface area contributed by atoms with E-state index in [-0.39, 0.29) is 11.8 Å². The van der Waals surface area contributed by atoms with Gasteiger partial charge in [0.2, 0.25) is 11.8 Å². The lowest BCUT2D eigenvalue weighted by Gasteiger charge is -2.33. The van der Waals surface area contributed by atoms with E-state index in [0.29, 0.717) is 18.9 Å². The molecule has 1 aliphatic carbocycles. The summed E-state index contributed by atoms with van der Waals surface area (Å²) in [5, 5.41) is 2.98. The summed E-state index contributed by atoms with van der Waals surface area (Å²) in [6, 6.07) is 7.73. The van der Waals surface area contributed by atoms with Crippen molar-refractivity contribution < 1.29 is 14.3 Å². The number of allylic oxidation sites excluding steroid dienone is 1. The molecule has 0 radical (unpaired) electrons.